The summed E-state index contributed by atoms with van der Waals surface area (Å²) < 4.78 is 38.3. The first-order valence-electron chi connectivity index (χ1n) is 7.44. The Labute approximate surface area is 126 Å². The fourth-order valence-corrected chi connectivity index (χ4v) is 3.64. The molecule has 0 aliphatic carbocycles. The lowest BCUT2D eigenvalue weighted by molar-refractivity contribution is 0.0200. The van der Waals surface area contributed by atoms with Crippen LogP contribution in [0.4, 0.5) is 0 Å². The summed E-state index contributed by atoms with van der Waals surface area (Å²) >= 11 is 0. The number of ether oxygens (including phenoxy) is 1. The topological polar surface area (TPSA) is 80.6 Å². The molecule has 2 rings (SSSR count). The van der Waals surface area contributed by atoms with Crippen LogP contribution in [0.1, 0.15) is 37.7 Å². The maximum Gasteiger partial charge on any atom is 0.244 e. The van der Waals surface area contributed by atoms with Crippen LogP contribution in [0.25, 0.3) is 0 Å². The van der Waals surface area contributed by atoms with E-state index in [4.69, 9.17) is 9.15 Å². The molecule has 2 heterocycles. The second kappa shape index (κ2) is 7.40. The molecular weight excluding hydrogens is 292 g/mol. The van der Waals surface area contributed by atoms with Gasteiger partial charge >= 0.3 is 0 Å². The summed E-state index contributed by atoms with van der Waals surface area (Å²) in [5.41, 5.74) is 0. The van der Waals surface area contributed by atoms with Gasteiger partial charge in [-0.3, -0.25) is 0 Å². The van der Waals surface area contributed by atoms with Crippen LogP contribution in [0.2, 0.25) is 0 Å². The number of hydrogen-bond acceptors (Lipinski definition) is 5. The molecule has 6 nitrogen and oxygen atoms in total. The molecule has 1 aromatic heterocycles. The average Bonchev–Trinajstić information content (AvgIpc) is 2.86. The van der Waals surface area contributed by atoms with Crippen LogP contribution in [0.5, 0.6) is 0 Å². The van der Waals surface area contributed by atoms with E-state index in [1.807, 2.05) is 6.92 Å². The lowest BCUT2D eigenvalue weighted by Gasteiger charge is -2.22. The van der Waals surface area contributed by atoms with Gasteiger partial charge in [-0.1, -0.05) is 6.92 Å². The number of rotatable bonds is 7. The number of aryl methyl sites for hydroxylation is 1. The highest BCUT2D eigenvalue weighted by Gasteiger charge is 2.23. The molecule has 7 heteroatoms. The molecule has 1 fully saturated rings. The SMILES string of the molecule is CCNCc1cc(S(=O)(=O)NCC2CCCCO2)c(C)o1. The minimum atomic E-state index is -3.55. The minimum absolute atomic E-state index is 0.0260. The molecular formula is C14H24N2O4S. The third-order valence-electron chi connectivity index (χ3n) is 3.54. The summed E-state index contributed by atoms with van der Waals surface area (Å²) in [6.07, 6.45) is 3.02. The molecule has 0 radical (unpaired) electrons. The summed E-state index contributed by atoms with van der Waals surface area (Å²) in [6, 6.07) is 1.59. The monoisotopic (exact) mass is 316 g/mol. The Bertz CT molecular complexity index is 547. The van der Waals surface area contributed by atoms with E-state index in [0.29, 0.717) is 31.2 Å². The largest absolute Gasteiger partial charge is 0.464 e. The second-order valence-corrected chi connectivity index (χ2v) is 6.99. The standard InChI is InChI=1S/C14H24N2O4S/c1-3-15-9-13-8-14(11(2)20-13)21(17,18)16-10-12-6-4-5-7-19-12/h8,12,15-16H,3-7,9-10H2,1-2H3. The third-order valence-corrected chi connectivity index (χ3v) is 5.07. The molecule has 1 aliphatic heterocycles. The van der Waals surface area contributed by atoms with Gasteiger partial charge in [-0.05, 0) is 32.7 Å². The van der Waals surface area contributed by atoms with Crippen molar-refractivity contribution < 1.29 is 17.6 Å². The molecule has 0 spiro atoms. The number of hydrogen-bond donors (Lipinski definition) is 2. The van der Waals surface area contributed by atoms with Gasteiger partial charge in [-0.2, -0.15) is 0 Å². The summed E-state index contributed by atoms with van der Waals surface area (Å²) in [5, 5.41) is 3.11. The van der Waals surface area contributed by atoms with E-state index in [1.165, 1.54) is 0 Å². The van der Waals surface area contributed by atoms with Gasteiger partial charge in [0.15, 0.2) is 0 Å². The summed E-state index contributed by atoms with van der Waals surface area (Å²) in [6.45, 7) is 6.01. The smallest absolute Gasteiger partial charge is 0.244 e. The number of sulfonamides is 1. The molecule has 1 aliphatic rings. The first-order chi connectivity index (χ1) is 10.0. The predicted molar refractivity (Wildman–Crippen MR) is 79.6 cm³/mol. The van der Waals surface area contributed by atoms with Crippen molar-refractivity contribution in [2.75, 3.05) is 19.7 Å². The summed E-state index contributed by atoms with van der Waals surface area (Å²) in [7, 11) is -3.55. The Morgan fingerprint density at radius 2 is 2.19 bits per heavy atom. The number of furan rings is 1. The first kappa shape index (κ1) is 16.5. The fraction of sp³-hybridized carbons (Fsp3) is 0.714. The Kier molecular flexibility index (Phi) is 5.80. The molecule has 0 bridgehead atoms. The Morgan fingerprint density at radius 3 is 2.86 bits per heavy atom. The summed E-state index contributed by atoms with van der Waals surface area (Å²) in [4.78, 5) is 0.214. The molecule has 1 unspecified atom stereocenters. The highest BCUT2D eigenvalue weighted by atomic mass is 32.2. The maximum absolute atomic E-state index is 12.3. The zero-order chi connectivity index (χ0) is 15.3. The van der Waals surface area contributed by atoms with Crippen molar-refractivity contribution in [3.63, 3.8) is 0 Å². The summed E-state index contributed by atoms with van der Waals surface area (Å²) in [5.74, 6) is 1.05. The fourth-order valence-electron chi connectivity index (χ4n) is 2.38. The van der Waals surface area contributed by atoms with Crippen molar-refractivity contribution in [3.8, 4) is 0 Å². The lowest BCUT2D eigenvalue weighted by Crippen LogP contribution is -2.35. The van der Waals surface area contributed by atoms with Crippen LogP contribution < -0.4 is 10.0 Å². The number of nitrogens with one attached hydrogen (secondary N) is 2. The van der Waals surface area contributed by atoms with Crippen LogP contribution in [0.15, 0.2) is 15.4 Å². The quantitative estimate of drug-likeness (QED) is 0.797. The van der Waals surface area contributed by atoms with Crippen LogP contribution in [0, 0.1) is 6.92 Å². The first-order valence-corrected chi connectivity index (χ1v) is 8.92. The highest BCUT2D eigenvalue weighted by molar-refractivity contribution is 7.89. The van der Waals surface area contributed by atoms with Gasteiger partial charge in [-0.25, -0.2) is 13.1 Å². The van der Waals surface area contributed by atoms with Crippen LogP contribution in [-0.2, 0) is 21.3 Å². The molecule has 120 valence electrons. The zero-order valence-corrected chi connectivity index (χ0v) is 13.5. The van der Waals surface area contributed by atoms with E-state index in [-0.39, 0.29) is 11.0 Å². The Morgan fingerprint density at radius 1 is 1.38 bits per heavy atom. The van der Waals surface area contributed by atoms with E-state index in [2.05, 4.69) is 10.0 Å². The predicted octanol–water partition coefficient (Wildman–Crippen LogP) is 1.54. The normalized spacial score (nSPS) is 19.8. The van der Waals surface area contributed by atoms with Crippen molar-refractivity contribution in [2.24, 2.45) is 0 Å². The van der Waals surface area contributed by atoms with E-state index < -0.39 is 10.0 Å². The molecule has 21 heavy (non-hydrogen) atoms. The second-order valence-electron chi connectivity index (χ2n) is 5.25. The van der Waals surface area contributed by atoms with E-state index in [9.17, 15) is 8.42 Å². The maximum atomic E-state index is 12.3. The van der Waals surface area contributed by atoms with Gasteiger partial charge in [0.25, 0.3) is 0 Å². The van der Waals surface area contributed by atoms with Gasteiger partial charge < -0.3 is 14.5 Å². The third kappa shape index (κ3) is 4.54. The van der Waals surface area contributed by atoms with E-state index in [0.717, 1.165) is 25.8 Å². The average molecular weight is 316 g/mol. The van der Waals surface area contributed by atoms with Gasteiger partial charge in [0.1, 0.15) is 16.4 Å². The van der Waals surface area contributed by atoms with Crippen LogP contribution >= 0.6 is 0 Å². The molecule has 0 saturated carbocycles. The minimum Gasteiger partial charge on any atom is -0.464 e. The van der Waals surface area contributed by atoms with Gasteiger partial charge in [0.05, 0.1) is 12.6 Å². The van der Waals surface area contributed by atoms with Gasteiger partial charge in [0, 0.05) is 19.2 Å². The van der Waals surface area contributed by atoms with E-state index in [1.54, 1.807) is 13.0 Å². The van der Waals surface area contributed by atoms with Gasteiger partial charge in [0.2, 0.25) is 10.0 Å². The molecule has 1 atom stereocenters. The van der Waals surface area contributed by atoms with Crippen molar-refractivity contribution in [1.82, 2.24) is 10.0 Å². The molecule has 1 saturated heterocycles. The Hall–Kier alpha value is -0.890. The zero-order valence-electron chi connectivity index (χ0n) is 12.6. The van der Waals surface area contributed by atoms with Crippen molar-refractivity contribution in [2.45, 2.75) is 50.7 Å². The van der Waals surface area contributed by atoms with Crippen LogP contribution in [0.3, 0.4) is 0 Å². The highest BCUT2D eigenvalue weighted by Crippen LogP contribution is 2.20. The van der Waals surface area contributed by atoms with Crippen molar-refractivity contribution in [3.05, 3.63) is 17.6 Å². The van der Waals surface area contributed by atoms with E-state index >= 15 is 0 Å². The van der Waals surface area contributed by atoms with Crippen LogP contribution in [-0.4, -0.2) is 34.2 Å². The molecule has 0 aromatic carbocycles. The Balaban J connectivity index is 1.99. The van der Waals surface area contributed by atoms with Crippen molar-refractivity contribution >= 4 is 10.0 Å². The lowest BCUT2D eigenvalue weighted by atomic mass is 10.1. The molecule has 1 aromatic rings. The van der Waals surface area contributed by atoms with Gasteiger partial charge in [-0.15, -0.1) is 0 Å². The molecule has 0 amide bonds. The van der Waals surface area contributed by atoms with Crippen molar-refractivity contribution in [1.29, 1.82) is 0 Å². The molecule has 2 N–H and O–H groups in total.